The first-order valence-corrected chi connectivity index (χ1v) is 7.56. The van der Waals surface area contributed by atoms with Crippen LogP contribution in [0, 0.1) is 5.92 Å². The first-order chi connectivity index (χ1) is 11.0. The van der Waals surface area contributed by atoms with Crippen LogP contribution in [-0.4, -0.2) is 42.5 Å². The summed E-state index contributed by atoms with van der Waals surface area (Å²) in [5.74, 6) is -4.05. The molecule has 0 amide bonds. The Labute approximate surface area is 137 Å². The molecule has 0 saturated carbocycles. The Hall–Kier alpha value is -1.83. The third-order valence-corrected chi connectivity index (χ3v) is 4.10. The average Bonchev–Trinajstić information content (AvgIpc) is 2.69. The molecule has 24 heavy (non-hydrogen) atoms. The van der Waals surface area contributed by atoms with Gasteiger partial charge in [0, 0.05) is 0 Å². The number of hydrogen-bond donors (Lipinski definition) is 0. The van der Waals surface area contributed by atoms with Crippen LogP contribution in [0.2, 0.25) is 0 Å². The van der Waals surface area contributed by atoms with Crippen molar-refractivity contribution in [2.45, 2.75) is 45.1 Å². The SMILES string of the molecule is CCOC(=O)C1=C(C(F)(F)F)[C@@H](C(=O)OCC)[C@]2(C)C=C[C@@]1(C)O2. The molecule has 0 spiro atoms. The maximum Gasteiger partial charge on any atom is 0.414 e. The van der Waals surface area contributed by atoms with Crippen molar-refractivity contribution < 1.29 is 37.0 Å². The van der Waals surface area contributed by atoms with E-state index < -0.39 is 46.4 Å². The van der Waals surface area contributed by atoms with Gasteiger partial charge in [0.15, 0.2) is 0 Å². The molecule has 0 N–H and O–H groups in total. The number of esters is 2. The molecule has 0 fully saturated rings. The third-order valence-electron chi connectivity index (χ3n) is 4.10. The molecule has 8 heteroatoms. The zero-order valence-corrected chi connectivity index (χ0v) is 13.8. The van der Waals surface area contributed by atoms with Crippen molar-refractivity contribution in [3.63, 3.8) is 0 Å². The fraction of sp³-hybridized carbons (Fsp3) is 0.625. The van der Waals surface area contributed by atoms with Crippen LogP contribution in [0.25, 0.3) is 0 Å². The van der Waals surface area contributed by atoms with Crippen LogP contribution in [0.15, 0.2) is 23.3 Å². The van der Waals surface area contributed by atoms with E-state index in [1.54, 1.807) is 0 Å². The lowest BCUT2D eigenvalue weighted by molar-refractivity contribution is -0.178. The lowest BCUT2D eigenvalue weighted by Gasteiger charge is -2.43. The Morgan fingerprint density at radius 3 is 2.25 bits per heavy atom. The number of alkyl halides is 3. The minimum absolute atomic E-state index is 0.0910. The summed E-state index contributed by atoms with van der Waals surface area (Å²) in [4.78, 5) is 24.5. The predicted molar refractivity (Wildman–Crippen MR) is 76.9 cm³/mol. The predicted octanol–water partition coefficient (Wildman–Crippen LogP) is 2.71. The zero-order valence-electron chi connectivity index (χ0n) is 13.8. The second kappa shape index (κ2) is 5.91. The van der Waals surface area contributed by atoms with Gasteiger partial charge in [-0.25, -0.2) is 4.79 Å². The number of carbonyl (C=O) groups excluding carboxylic acids is 2. The molecule has 2 rings (SSSR count). The van der Waals surface area contributed by atoms with Crippen LogP contribution >= 0.6 is 0 Å². The van der Waals surface area contributed by atoms with Gasteiger partial charge in [-0.2, -0.15) is 13.2 Å². The van der Waals surface area contributed by atoms with Crippen molar-refractivity contribution in [1.29, 1.82) is 0 Å². The Morgan fingerprint density at radius 1 is 1.17 bits per heavy atom. The van der Waals surface area contributed by atoms with Gasteiger partial charge in [-0.1, -0.05) is 6.08 Å². The van der Waals surface area contributed by atoms with E-state index in [-0.39, 0.29) is 13.2 Å². The highest BCUT2D eigenvalue weighted by molar-refractivity contribution is 5.96. The second-order valence-corrected chi connectivity index (χ2v) is 5.92. The topological polar surface area (TPSA) is 61.8 Å². The van der Waals surface area contributed by atoms with Crippen molar-refractivity contribution >= 4 is 11.9 Å². The van der Waals surface area contributed by atoms with Crippen molar-refractivity contribution in [2.75, 3.05) is 13.2 Å². The molecular weight excluding hydrogens is 329 g/mol. The third kappa shape index (κ3) is 2.83. The van der Waals surface area contributed by atoms with Crippen LogP contribution in [0.5, 0.6) is 0 Å². The van der Waals surface area contributed by atoms with Crippen molar-refractivity contribution in [2.24, 2.45) is 5.92 Å². The van der Waals surface area contributed by atoms with Crippen molar-refractivity contribution in [1.82, 2.24) is 0 Å². The number of rotatable bonds is 4. The molecule has 0 unspecified atom stereocenters. The molecule has 0 radical (unpaired) electrons. The molecular formula is C16H19F3O5. The molecule has 2 heterocycles. The molecule has 0 aromatic carbocycles. The van der Waals surface area contributed by atoms with E-state index in [1.165, 1.54) is 39.8 Å². The van der Waals surface area contributed by atoms with Gasteiger partial charge in [-0.05, 0) is 33.8 Å². The molecule has 2 aliphatic heterocycles. The van der Waals surface area contributed by atoms with E-state index in [9.17, 15) is 22.8 Å². The lowest BCUT2D eigenvalue weighted by atomic mass is 9.77. The Kier molecular flexibility index (Phi) is 4.56. The summed E-state index contributed by atoms with van der Waals surface area (Å²) in [5, 5.41) is 0. The van der Waals surface area contributed by atoms with Crippen LogP contribution in [0.4, 0.5) is 13.2 Å². The quantitative estimate of drug-likeness (QED) is 0.577. The van der Waals surface area contributed by atoms with Gasteiger partial charge >= 0.3 is 18.1 Å². The van der Waals surface area contributed by atoms with E-state index in [0.29, 0.717) is 0 Å². The highest BCUT2D eigenvalue weighted by Gasteiger charge is 2.63. The minimum Gasteiger partial charge on any atom is -0.465 e. The number of ether oxygens (including phenoxy) is 3. The number of hydrogen-bond acceptors (Lipinski definition) is 5. The molecule has 5 nitrogen and oxygen atoms in total. The molecule has 2 bridgehead atoms. The molecule has 3 atom stereocenters. The Balaban J connectivity index is 2.74. The van der Waals surface area contributed by atoms with Crippen LogP contribution < -0.4 is 0 Å². The van der Waals surface area contributed by atoms with Gasteiger partial charge in [-0.3, -0.25) is 4.79 Å². The molecule has 0 aliphatic carbocycles. The number of carbonyl (C=O) groups is 2. The summed E-state index contributed by atoms with van der Waals surface area (Å²) >= 11 is 0. The first-order valence-electron chi connectivity index (χ1n) is 7.56. The summed E-state index contributed by atoms with van der Waals surface area (Å²) in [7, 11) is 0. The second-order valence-electron chi connectivity index (χ2n) is 5.92. The largest absolute Gasteiger partial charge is 0.465 e. The zero-order chi connectivity index (χ0) is 18.3. The number of halogens is 3. The summed E-state index contributed by atoms with van der Waals surface area (Å²) in [6, 6.07) is 0. The van der Waals surface area contributed by atoms with Crippen LogP contribution in [-0.2, 0) is 23.8 Å². The van der Waals surface area contributed by atoms with Gasteiger partial charge in [0.1, 0.15) is 17.1 Å². The maximum atomic E-state index is 13.8. The van der Waals surface area contributed by atoms with Gasteiger partial charge in [0.25, 0.3) is 0 Å². The average molecular weight is 348 g/mol. The summed E-state index contributed by atoms with van der Waals surface area (Å²) < 4.78 is 56.7. The normalized spacial score (nSPS) is 32.0. The standard InChI is InChI=1S/C16H19F3O5/c1-5-22-12(20)10-9(16(17,18)19)11(13(21)23-6-2)15(4)8-7-14(10,3)24-15/h7-8,10H,5-6H2,1-4H3/t10-,14-,15+/m0/s1. The Bertz CT molecular complexity index is 622. The van der Waals surface area contributed by atoms with Gasteiger partial charge < -0.3 is 14.2 Å². The minimum atomic E-state index is -4.92. The van der Waals surface area contributed by atoms with E-state index in [1.807, 2.05) is 0 Å². The van der Waals surface area contributed by atoms with Gasteiger partial charge in [0.2, 0.25) is 0 Å². The van der Waals surface area contributed by atoms with E-state index in [2.05, 4.69) is 0 Å². The van der Waals surface area contributed by atoms with Crippen molar-refractivity contribution in [3.05, 3.63) is 23.3 Å². The smallest absolute Gasteiger partial charge is 0.414 e. The van der Waals surface area contributed by atoms with Crippen LogP contribution in [0.3, 0.4) is 0 Å². The maximum absolute atomic E-state index is 13.8. The molecule has 0 saturated heterocycles. The Morgan fingerprint density at radius 2 is 1.75 bits per heavy atom. The monoisotopic (exact) mass is 348 g/mol. The fourth-order valence-corrected chi connectivity index (χ4v) is 3.24. The fourth-order valence-electron chi connectivity index (χ4n) is 3.24. The summed E-state index contributed by atoms with van der Waals surface area (Å²) in [6.45, 7) is 5.48. The van der Waals surface area contributed by atoms with Gasteiger partial charge in [0.05, 0.1) is 24.4 Å². The molecule has 2 aliphatic rings. The van der Waals surface area contributed by atoms with E-state index in [0.717, 1.165) is 0 Å². The highest BCUT2D eigenvalue weighted by atomic mass is 19.4. The molecule has 0 aromatic heterocycles. The van der Waals surface area contributed by atoms with E-state index >= 15 is 0 Å². The summed E-state index contributed by atoms with van der Waals surface area (Å²) in [6.07, 6.45) is -2.20. The number of fused-ring (bicyclic) bond motifs is 2. The molecule has 134 valence electrons. The molecule has 0 aromatic rings. The lowest BCUT2D eigenvalue weighted by Crippen LogP contribution is -2.53. The van der Waals surface area contributed by atoms with Gasteiger partial charge in [-0.15, -0.1) is 0 Å². The first kappa shape index (κ1) is 18.5. The van der Waals surface area contributed by atoms with Crippen LogP contribution in [0.1, 0.15) is 27.7 Å². The van der Waals surface area contributed by atoms with E-state index in [4.69, 9.17) is 14.2 Å². The highest BCUT2D eigenvalue weighted by Crippen LogP contribution is 2.54. The van der Waals surface area contributed by atoms with Crippen molar-refractivity contribution in [3.8, 4) is 0 Å². The summed E-state index contributed by atoms with van der Waals surface area (Å²) in [5.41, 5.74) is -5.14.